The summed E-state index contributed by atoms with van der Waals surface area (Å²) < 4.78 is 0. The first-order valence-electron chi connectivity index (χ1n) is 6.61. The molecule has 2 aliphatic rings. The molecule has 104 valence electrons. The molecule has 3 nitrogen and oxygen atoms in total. The Balaban J connectivity index is 2.07. The van der Waals surface area contributed by atoms with Crippen molar-refractivity contribution in [2.75, 3.05) is 6.61 Å². The van der Waals surface area contributed by atoms with Crippen molar-refractivity contribution in [2.45, 2.75) is 20.0 Å². The summed E-state index contributed by atoms with van der Waals surface area (Å²) in [5, 5.41) is 13.7. The minimum Gasteiger partial charge on any atom is -0.392 e. The molecule has 0 spiro atoms. The fraction of sp³-hybridized carbons (Fsp3) is 0.250. The van der Waals surface area contributed by atoms with Crippen LogP contribution >= 0.6 is 11.6 Å². The lowest BCUT2D eigenvalue weighted by Gasteiger charge is -2.31. The van der Waals surface area contributed by atoms with Crippen LogP contribution in [-0.2, 0) is 0 Å². The van der Waals surface area contributed by atoms with Gasteiger partial charge in [0.05, 0.1) is 6.61 Å². The fourth-order valence-electron chi connectivity index (χ4n) is 2.66. The van der Waals surface area contributed by atoms with Gasteiger partial charge in [-0.3, -0.25) is 0 Å². The second-order valence-electron chi connectivity index (χ2n) is 5.14. The van der Waals surface area contributed by atoms with Crippen molar-refractivity contribution in [3.05, 3.63) is 64.1 Å². The first-order chi connectivity index (χ1) is 9.60. The number of nitrogens with one attached hydrogen (secondary N) is 1. The zero-order chi connectivity index (χ0) is 14.3. The monoisotopic (exact) mass is 288 g/mol. The van der Waals surface area contributed by atoms with E-state index in [1.165, 1.54) is 5.70 Å². The predicted octanol–water partition coefficient (Wildman–Crippen LogP) is 3.10. The summed E-state index contributed by atoms with van der Waals surface area (Å²) >= 11 is 6.10. The van der Waals surface area contributed by atoms with Gasteiger partial charge in [-0.25, -0.2) is 0 Å². The molecule has 2 aliphatic heterocycles. The molecule has 0 radical (unpaired) electrons. The Bertz CT molecular complexity index is 646. The zero-order valence-electron chi connectivity index (χ0n) is 11.5. The molecule has 0 aromatic heterocycles. The number of nitrogens with zero attached hydrogens (tertiary/aromatic N) is 1. The van der Waals surface area contributed by atoms with E-state index in [2.05, 4.69) is 24.1 Å². The second kappa shape index (κ2) is 5.00. The molecule has 0 bridgehead atoms. The van der Waals surface area contributed by atoms with Gasteiger partial charge in [-0.15, -0.1) is 0 Å². The van der Waals surface area contributed by atoms with E-state index in [0.29, 0.717) is 0 Å². The highest BCUT2D eigenvalue weighted by Crippen LogP contribution is 2.35. The number of fused-ring (bicyclic) bond motifs is 1. The maximum atomic E-state index is 9.48. The van der Waals surface area contributed by atoms with Gasteiger partial charge >= 0.3 is 0 Å². The lowest BCUT2D eigenvalue weighted by Crippen LogP contribution is -2.37. The van der Waals surface area contributed by atoms with Crippen LogP contribution in [0.25, 0.3) is 5.57 Å². The first kappa shape index (κ1) is 13.3. The van der Waals surface area contributed by atoms with Gasteiger partial charge in [0.2, 0.25) is 0 Å². The normalized spacial score (nSPS) is 21.4. The van der Waals surface area contributed by atoms with Crippen LogP contribution in [-0.4, -0.2) is 22.8 Å². The van der Waals surface area contributed by atoms with Crippen LogP contribution in [0.5, 0.6) is 0 Å². The third kappa shape index (κ3) is 2.13. The molecule has 20 heavy (non-hydrogen) atoms. The predicted molar refractivity (Wildman–Crippen MR) is 81.7 cm³/mol. The van der Waals surface area contributed by atoms with Crippen LogP contribution in [0.2, 0.25) is 5.02 Å². The summed E-state index contributed by atoms with van der Waals surface area (Å²) in [7, 11) is 0. The van der Waals surface area contributed by atoms with Gasteiger partial charge in [-0.05, 0) is 43.2 Å². The van der Waals surface area contributed by atoms with E-state index in [0.717, 1.165) is 27.4 Å². The number of halogens is 1. The summed E-state index contributed by atoms with van der Waals surface area (Å²) in [5.41, 5.74) is 5.41. The van der Waals surface area contributed by atoms with Crippen molar-refractivity contribution >= 4 is 17.2 Å². The summed E-state index contributed by atoms with van der Waals surface area (Å²) in [6, 6.07) is 7.81. The van der Waals surface area contributed by atoms with E-state index in [-0.39, 0.29) is 12.8 Å². The first-order valence-corrected chi connectivity index (χ1v) is 6.99. The van der Waals surface area contributed by atoms with Crippen LogP contribution in [0.4, 0.5) is 0 Å². The molecule has 1 aromatic rings. The molecule has 0 saturated carbocycles. The van der Waals surface area contributed by atoms with E-state index >= 15 is 0 Å². The molecular formula is C16H17ClN2O. The Morgan fingerprint density at radius 3 is 2.85 bits per heavy atom. The van der Waals surface area contributed by atoms with Gasteiger partial charge in [-0.2, -0.15) is 0 Å². The largest absolute Gasteiger partial charge is 0.392 e. The van der Waals surface area contributed by atoms with Crippen molar-refractivity contribution in [1.29, 1.82) is 0 Å². The number of benzene rings is 1. The highest BCUT2D eigenvalue weighted by Gasteiger charge is 2.32. The summed E-state index contributed by atoms with van der Waals surface area (Å²) in [4.78, 5) is 2.16. The van der Waals surface area contributed by atoms with Crippen molar-refractivity contribution in [3.8, 4) is 0 Å². The summed E-state index contributed by atoms with van der Waals surface area (Å²) in [5.74, 6) is 0. The van der Waals surface area contributed by atoms with Crippen LogP contribution in [0, 0.1) is 0 Å². The van der Waals surface area contributed by atoms with Crippen LogP contribution in [0.1, 0.15) is 19.4 Å². The van der Waals surface area contributed by atoms with Crippen LogP contribution in [0.3, 0.4) is 0 Å². The molecule has 2 heterocycles. The van der Waals surface area contributed by atoms with E-state index in [1.54, 1.807) is 0 Å². The highest BCUT2D eigenvalue weighted by molar-refractivity contribution is 6.30. The van der Waals surface area contributed by atoms with Crippen LogP contribution in [0.15, 0.2) is 53.5 Å². The average Bonchev–Trinajstić information content (AvgIpc) is 2.73. The number of allylic oxidation sites excluding steroid dienone is 2. The molecule has 2 N–H and O–H groups in total. The maximum absolute atomic E-state index is 9.48. The Morgan fingerprint density at radius 2 is 2.15 bits per heavy atom. The molecule has 3 rings (SSSR count). The van der Waals surface area contributed by atoms with E-state index in [1.807, 2.05) is 36.5 Å². The summed E-state index contributed by atoms with van der Waals surface area (Å²) in [6.07, 6.45) is 4.10. The minimum atomic E-state index is 0.0274. The molecule has 0 fully saturated rings. The summed E-state index contributed by atoms with van der Waals surface area (Å²) in [6.45, 7) is 4.17. The Morgan fingerprint density at radius 1 is 1.35 bits per heavy atom. The van der Waals surface area contributed by atoms with Gasteiger partial charge in [0.25, 0.3) is 0 Å². The quantitative estimate of drug-likeness (QED) is 0.878. The third-order valence-electron chi connectivity index (χ3n) is 3.84. The number of hydrogen-bond acceptors (Lipinski definition) is 3. The van der Waals surface area contributed by atoms with Crippen molar-refractivity contribution < 1.29 is 5.11 Å². The van der Waals surface area contributed by atoms with Gasteiger partial charge < -0.3 is 15.3 Å². The van der Waals surface area contributed by atoms with Crippen molar-refractivity contribution in [3.63, 3.8) is 0 Å². The SMILES string of the molecule is CC1=C(C)N2C=C(CO)C=C(c3cccc(Cl)c3)C2N1. The molecular weight excluding hydrogens is 272 g/mol. The zero-order valence-corrected chi connectivity index (χ0v) is 12.3. The Labute approximate surface area is 123 Å². The van der Waals surface area contributed by atoms with Crippen molar-refractivity contribution in [1.82, 2.24) is 10.2 Å². The molecule has 1 aromatic carbocycles. The number of aliphatic hydroxyl groups excluding tert-OH is 1. The van der Waals surface area contributed by atoms with Gasteiger partial charge in [-0.1, -0.05) is 23.7 Å². The van der Waals surface area contributed by atoms with Gasteiger partial charge in [0.15, 0.2) is 0 Å². The lowest BCUT2D eigenvalue weighted by atomic mass is 9.97. The number of aliphatic hydroxyl groups is 1. The van der Waals surface area contributed by atoms with Crippen LogP contribution < -0.4 is 5.32 Å². The van der Waals surface area contributed by atoms with E-state index < -0.39 is 0 Å². The standard InChI is InChI=1S/C16H17ClN2O/c1-10-11(2)19-8-12(9-20)6-15(16(19)18-10)13-4-3-5-14(17)7-13/h3-8,16,18,20H,9H2,1-2H3. The van der Waals surface area contributed by atoms with E-state index in [4.69, 9.17) is 11.6 Å². The number of rotatable bonds is 2. The minimum absolute atomic E-state index is 0.0274. The van der Waals surface area contributed by atoms with Gasteiger partial charge in [0, 0.05) is 28.2 Å². The third-order valence-corrected chi connectivity index (χ3v) is 4.08. The average molecular weight is 289 g/mol. The number of hydrogen-bond donors (Lipinski definition) is 2. The fourth-order valence-corrected chi connectivity index (χ4v) is 2.85. The second-order valence-corrected chi connectivity index (χ2v) is 5.57. The maximum Gasteiger partial charge on any atom is 0.130 e. The molecule has 0 aliphatic carbocycles. The smallest absolute Gasteiger partial charge is 0.130 e. The molecule has 1 atom stereocenters. The topological polar surface area (TPSA) is 35.5 Å². The molecule has 1 unspecified atom stereocenters. The lowest BCUT2D eigenvalue weighted by molar-refractivity contribution is 0.325. The highest BCUT2D eigenvalue weighted by atomic mass is 35.5. The molecule has 4 heteroatoms. The van der Waals surface area contributed by atoms with Crippen molar-refractivity contribution in [2.24, 2.45) is 0 Å². The van der Waals surface area contributed by atoms with Gasteiger partial charge in [0.1, 0.15) is 6.17 Å². The Hall–Kier alpha value is -1.71. The Kier molecular flexibility index (Phi) is 3.32. The molecule has 0 amide bonds. The van der Waals surface area contributed by atoms with E-state index in [9.17, 15) is 5.11 Å². The molecule has 0 saturated heterocycles.